The fraction of sp³-hybridized carbons (Fsp3) is 0.400. The molecular weight excluding hydrogens is 272 g/mol. The summed E-state index contributed by atoms with van der Waals surface area (Å²) in [6, 6.07) is 7.95. The zero-order valence-electron chi connectivity index (χ0n) is 12.2. The minimum Gasteiger partial charge on any atom is -0.399 e. The molecule has 0 bridgehead atoms. The maximum absolute atomic E-state index is 6.37. The van der Waals surface area contributed by atoms with Gasteiger partial charge in [-0.3, -0.25) is 9.58 Å². The first-order chi connectivity index (χ1) is 9.51. The van der Waals surface area contributed by atoms with E-state index >= 15 is 0 Å². The molecule has 108 valence electrons. The monoisotopic (exact) mass is 292 g/mol. The lowest BCUT2D eigenvalue weighted by Gasteiger charge is -2.17. The summed E-state index contributed by atoms with van der Waals surface area (Å²) < 4.78 is 1.87. The largest absolute Gasteiger partial charge is 0.399 e. The Labute approximate surface area is 125 Å². The standard InChI is InChI=1S/C15H21ClN4/c1-4-13-15(16)14(20(3)18-13)10-19(2)9-11-6-5-7-12(17)8-11/h5-8H,4,9-10,17H2,1-3H3. The second-order valence-electron chi connectivity index (χ2n) is 5.10. The van der Waals surface area contributed by atoms with Gasteiger partial charge in [0.2, 0.25) is 0 Å². The van der Waals surface area contributed by atoms with E-state index in [1.54, 1.807) is 0 Å². The minimum absolute atomic E-state index is 0.761. The molecule has 0 amide bonds. The molecule has 5 heteroatoms. The van der Waals surface area contributed by atoms with E-state index in [1.807, 2.05) is 29.9 Å². The molecule has 0 atom stereocenters. The van der Waals surface area contributed by atoms with Gasteiger partial charge in [-0.15, -0.1) is 0 Å². The Balaban J connectivity index is 2.08. The Morgan fingerprint density at radius 3 is 2.70 bits per heavy atom. The van der Waals surface area contributed by atoms with Crippen molar-refractivity contribution in [2.45, 2.75) is 26.4 Å². The summed E-state index contributed by atoms with van der Waals surface area (Å²) in [4.78, 5) is 2.21. The zero-order valence-corrected chi connectivity index (χ0v) is 13.0. The van der Waals surface area contributed by atoms with Crippen molar-refractivity contribution in [3.63, 3.8) is 0 Å². The predicted molar refractivity (Wildman–Crippen MR) is 83.6 cm³/mol. The minimum atomic E-state index is 0.761. The van der Waals surface area contributed by atoms with Gasteiger partial charge >= 0.3 is 0 Å². The molecule has 1 aromatic carbocycles. The van der Waals surface area contributed by atoms with Gasteiger partial charge in [-0.1, -0.05) is 30.7 Å². The Morgan fingerprint density at radius 2 is 2.10 bits per heavy atom. The highest BCUT2D eigenvalue weighted by Crippen LogP contribution is 2.22. The van der Waals surface area contributed by atoms with Gasteiger partial charge in [-0.05, 0) is 31.2 Å². The molecule has 0 fully saturated rings. The average molecular weight is 293 g/mol. The number of benzene rings is 1. The van der Waals surface area contributed by atoms with E-state index in [0.29, 0.717) is 0 Å². The molecule has 20 heavy (non-hydrogen) atoms. The zero-order chi connectivity index (χ0) is 14.7. The Morgan fingerprint density at radius 1 is 1.35 bits per heavy atom. The van der Waals surface area contributed by atoms with Crippen LogP contribution in [-0.4, -0.2) is 21.7 Å². The van der Waals surface area contributed by atoms with Gasteiger partial charge in [0.1, 0.15) is 0 Å². The molecule has 0 aliphatic rings. The van der Waals surface area contributed by atoms with Crippen molar-refractivity contribution in [2.75, 3.05) is 12.8 Å². The van der Waals surface area contributed by atoms with Crippen LogP contribution in [0.15, 0.2) is 24.3 Å². The second kappa shape index (κ2) is 6.29. The molecule has 2 aromatic rings. The molecule has 1 heterocycles. The van der Waals surface area contributed by atoms with E-state index < -0.39 is 0 Å². The van der Waals surface area contributed by atoms with Gasteiger partial charge in [-0.2, -0.15) is 5.10 Å². The Hall–Kier alpha value is -1.52. The van der Waals surface area contributed by atoms with Gasteiger partial charge < -0.3 is 5.73 Å². The van der Waals surface area contributed by atoms with Gasteiger partial charge in [0.25, 0.3) is 0 Å². The van der Waals surface area contributed by atoms with Crippen LogP contribution in [0.3, 0.4) is 0 Å². The van der Waals surface area contributed by atoms with Crippen LogP contribution in [0, 0.1) is 0 Å². The number of nitrogens with two attached hydrogens (primary N) is 1. The molecule has 1 aromatic heterocycles. The van der Waals surface area contributed by atoms with Gasteiger partial charge in [-0.25, -0.2) is 0 Å². The van der Waals surface area contributed by atoms with Gasteiger partial charge in [0.05, 0.1) is 16.4 Å². The highest BCUT2D eigenvalue weighted by Gasteiger charge is 2.14. The summed E-state index contributed by atoms with van der Waals surface area (Å²) in [7, 11) is 4.01. The molecule has 2 rings (SSSR count). The number of aryl methyl sites for hydroxylation is 2. The number of hydrogen-bond donors (Lipinski definition) is 1. The number of nitrogens with zero attached hydrogens (tertiary/aromatic N) is 3. The fourth-order valence-electron chi connectivity index (χ4n) is 2.31. The topological polar surface area (TPSA) is 47.1 Å². The average Bonchev–Trinajstić information content (AvgIpc) is 2.66. The number of hydrogen-bond acceptors (Lipinski definition) is 3. The Bertz CT molecular complexity index is 592. The molecule has 0 saturated carbocycles. The van der Waals surface area contributed by atoms with Crippen LogP contribution in [0.4, 0.5) is 5.69 Å². The quantitative estimate of drug-likeness (QED) is 0.862. The van der Waals surface area contributed by atoms with Crippen LogP contribution in [-0.2, 0) is 26.6 Å². The van der Waals surface area contributed by atoms with Crippen molar-refractivity contribution >= 4 is 17.3 Å². The first kappa shape index (κ1) is 14.9. The smallest absolute Gasteiger partial charge is 0.0863 e. The van der Waals surface area contributed by atoms with Crippen LogP contribution >= 0.6 is 11.6 Å². The van der Waals surface area contributed by atoms with E-state index in [-0.39, 0.29) is 0 Å². The second-order valence-corrected chi connectivity index (χ2v) is 5.48. The number of halogens is 1. The van der Waals surface area contributed by atoms with Crippen LogP contribution in [0.1, 0.15) is 23.9 Å². The van der Waals surface area contributed by atoms with Crippen molar-refractivity contribution in [3.8, 4) is 0 Å². The molecule has 0 aliphatic heterocycles. The molecule has 4 nitrogen and oxygen atoms in total. The van der Waals surface area contributed by atoms with Gasteiger partial charge in [0.15, 0.2) is 0 Å². The third-order valence-corrected chi connectivity index (χ3v) is 3.76. The maximum atomic E-state index is 6.37. The highest BCUT2D eigenvalue weighted by atomic mass is 35.5. The van der Waals surface area contributed by atoms with Crippen LogP contribution in [0.25, 0.3) is 0 Å². The fourth-order valence-corrected chi connectivity index (χ4v) is 2.66. The maximum Gasteiger partial charge on any atom is 0.0863 e. The van der Waals surface area contributed by atoms with E-state index in [9.17, 15) is 0 Å². The van der Waals surface area contributed by atoms with Crippen molar-refractivity contribution in [3.05, 3.63) is 46.2 Å². The van der Waals surface area contributed by atoms with Crippen LogP contribution < -0.4 is 5.73 Å². The summed E-state index contributed by atoms with van der Waals surface area (Å²) >= 11 is 6.37. The third-order valence-electron chi connectivity index (χ3n) is 3.33. The van der Waals surface area contributed by atoms with E-state index in [2.05, 4.69) is 30.0 Å². The third kappa shape index (κ3) is 3.32. The molecule has 0 saturated heterocycles. The van der Waals surface area contributed by atoms with Crippen molar-refractivity contribution in [1.29, 1.82) is 0 Å². The lowest BCUT2D eigenvalue weighted by Crippen LogP contribution is -2.19. The van der Waals surface area contributed by atoms with E-state index in [1.165, 1.54) is 5.56 Å². The number of anilines is 1. The molecule has 0 radical (unpaired) electrons. The first-order valence-corrected chi connectivity index (χ1v) is 7.12. The first-order valence-electron chi connectivity index (χ1n) is 6.74. The van der Waals surface area contributed by atoms with Crippen molar-refractivity contribution < 1.29 is 0 Å². The number of nitrogen functional groups attached to an aromatic ring is 1. The number of aromatic nitrogens is 2. The summed E-state index contributed by atoms with van der Waals surface area (Å²) in [5.41, 5.74) is 9.80. The lowest BCUT2D eigenvalue weighted by atomic mass is 10.2. The normalized spacial score (nSPS) is 11.2. The predicted octanol–water partition coefficient (Wildman–Crippen LogP) is 2.85. The molecule has 0 aliphatic carbocycles. The highest BCUT2D eigenvalue weighted by molar-refractivity contribution is 6.31. The molecular formula is C15H21ClN4. The van der Waals surface area contributed by atoms with E-state index in [4.69, 9.17) is 17.3 Å². The summed E-state index contributed by atoms with van der Waals surface area (Å²) in [5.74, 6) is 0. The molecule has 0 unspecified atom stereocenters. The van der Waals surface area contributed by atoms with Crippen molar-refractivity contribution in [2.24, 2.45) is 7.05 Å². The van der Waals surface area contributed by atoms with Crippen LogP contribution in [0.2, 0.25) is 5.02 Å². The number of rotatable bonds is 5. The molecule has 0 spiro atoms. The Kier molecular flexibility index (Phi) is 4.68. The summed E-state index contributed by atoms with van der Waals surface area (Å²) in [5, 5.41) is 5.23. The van der Waals surface area contributed by atoms with Gasteiger partial charge in [0, 0.05) is 25.8 Å². The lowest BCUT2D eigenvalue weighted by molar-refractivity contribution is 0.309. The molecule has 2 N–H and O–H groups in total. The van der Waals surface area contributed by atoms with Crippen LogP contribution in [0.5, 0.6) is 0 Å². The van der Waals surface area contributed by atoms with E-state index in [0.717, 1.165) is 41.6 Å². The van der Waals surface area contributed by atoms with Crippen molar-refractivity contribution in [1.82, 2.24) is 14.7 Å². The SMILES string of the molecule is CCc1nn(C)c(CN(C)Cc2cccc(N)c2)c1Cl. The summed E-state index contributed by atoms with van der Waals surface area (Å²) in [6.45, 7) is 3.65. The summed E-state index contributed by atoms with van der Waals surface area (Å²) in [6.07, 6.45) is 0.853.